The highest BCUT2D eigenvalue weighted by Gasteiger charge is 2.18. The van der Waals surface area contributed by atoms with Gasteiger partial charge in [-0.05, 0) is 20.3 Å². The van der Waals surface area contributed by atoms with E-state index in [4.69, 9.17) is 0 Å². The first-order valence-electron chi connectivity index (χ1n) is 5.71. The van der Waals surface area contributed by atoms with Gasteiger partial charge < -0.3 is 5.32 Å². The molecule has 1 aliphatic heterocycles. The third-order valence-electron chi connectivity index (χ3n) is 2.53. The van der Waals surface area contributed by atoms with Crippen LogP contribution >= 0.6 is 11.8 Å². The van der Waals surface area contributed by atoms with E-state index < -0.39 is 0 Å². The van der Waals surface area contributed by atoms with Crippen molar-refractivity contribution < 1.29 is 0 Å². The van der Waals surface area contributed by atoms with Gasteiger partial charge in [0.2, 0.25) is 0 Å². The van der Waals surface area contributed by atoms with Crippen LogP contribution in [-0.4, -0.2) is 26.2 Å². The van der Waals surface area contributed by atoms with Crippen LogP contribution in [0.4, 0.5) is 5.69 Å². The minimum Gasteiger partial charge on any atom is -0.332 e. The van der Waals surface area contributed by atoms with Crippen LogP contribution in [0.1, 0.15) is 27.2 Å². The average Bonchev–Trinajstić information content (AvgIpc) is 2.64. The molecule has 2 atom stereocenters. The monoisotopic (exact) mass is 238 g/mol. The van der Waals surface area contributed by atoms with E-state index in [1.165, 1.54) is 0 Å². The maximum atomic E-state index is 4.59. The van der Waals surface area contributed by atoms with Gasteiger partial charge in [0.1, 0.15) is 0 Å². The van der Waals surface area contributed by atoms with Crippen molar-refractivity contribution in [3.05, 3.63) is 12.4 Å². The highest BCUT2D eigenvalue weighted by atomic mass is 32.2. The van der Waals surface area contributed by atoms with Gasteiger partial charge in [-0.2, -0.15) is 5.10 Å². The number of aromatic nitrogens is 2. The first-order chi connectivity index (χ1) is 7.67. The molecule has 0 amide bonds. The standard InChI is InChI=1S/C11H18N4S/c1-4-15-7-10(6-12-15)14-11-13-8(2)5-9(3)16-11/h6-9H,4-5H2,1-3H3,(H,13,14). The zero-order chi connectivity index (χ0) is 11.5. The van der Waals surface area contributed by atoms with Crippen molar-refractivity contribution in [1.82, 2.24) is 9.78 Å². The Bertz CT molecular complexity index is 385. The van der Waals surface area contributed by atoms with Crippen LogP contribution in [0.2, 0.25) is 0 Å². The molecule has 0 radical (unpaired) electrons. The topological polar surface area (TPSA) is 42.2 Å². The molecule has 2 heterocycles. The first kappa shape index (κ1) is 11.5. The van der Waals surface area contributed by atoms with Crippen molar-refractivity contribution in [1.29, 1.82) is 0 Å². The summed E-state index contributed by atoms with van der Waals surface area (Å²) in [6.45, 7) is 7.38. The fourth-order valence-corrected chi connectivity index (χ4v) is 2.96. The number of nitrogens with zero attached hydrogens (tertiary/aromatic N) is 3. The fraction of sp³-hybridized carbons (Fsp3) is 0.636. The Kier molecular flexibility index (Phi) is 3.53. The highest BCUT2D eigenvalue weighted by molar-refractivity contribution is 8.14. The van der Waals surface area contributed by atoms with Crippen molar-refractivity contribution in [3.8, 4) is 0 Å². The lowest BCUT2D eigenvalue weighted by Gasteiger charge is -2.22. The Hall–Kier alpha value is -0.970. The molecule has 0 saturated carbocycles. The summed E-state index contributed by atoms with van der Waals surface area (Å²) in [5.41, 5.74) is 1.02. The second kappa shape index (κ2) is 4.91. The predicted molar refractivity (Wildman–Crippen MR) is 70.1 cm³/mol. The first-order valence-corrected chi connectivity index (χ1v) is 6.59. The van der Waals surface area contributed by atoms with Crippen LogP contribution in [0.15, 0.2) is 17.4 Å². The molecule has 0 aromatic carbocycles. The van der Waals surface area contributed by atoms with Crippen molar-refractivity contribution in [2.75, 3.05) is 5.32 Å². The molecule has 5 heteroatoms. The van der Waals surface area contributed by atoms with Gasteiger partial charge in [0, 0.05) is 18.0 Å². The summed E-state index contributed by atoms with van der Waals surface area (Å²) >= 11 is 1.80. The Morgan fingerprint density at radius 1 is 1.56 bits per heavy atom. The molecular formula is C11H18N4S. The number of rotatable bonds is 2. The number of aryl methyl sites for hydroxylation is 1. The van der Waals surface area contributed by atoms with E-state index in [1.807, 2.05) is 17.1 Å². The average molecular weight is 238 g/mol. The van der Waals surface area contributed by atoms with Gasteiger partial charge in [0.05, 0.1) is 17.9 Å². The van der Waals surface area contributed by atoms with E-state index in [0.29, 0.717) is 11.3 Å². The van der Waals surface area contributed by atoms with Gasteiger partial charge in [-0.3, -0.25) is 9.67 Å². The summed E-state index contributed by atoms with van der Waals surface area (Å²) in [5, 5.41) is 9.21. The second-order valence-corrected chi connectivity index (χ2v) is 5.58. The van der Waals surface area contributed by atoms with Gasteiger partial charge in [0.15, 0.2) is 5.17 Å². The quantitative estimate of drug-likeness (QED) is 0.861. The van der Waals surface area contributed by atoms with Crippen LogP contribution in [0.3, 0.4) is 0 Å². The molecule has 0 fully saturated rings. The maximum absolute atomic E-state index is 4.59. The fourth-order valence-electron chi connectivity index (χ4n) is 1.79. The van der Waals surface area contributed by atoms with Crippen LogP contribution in [-0.2, 0) is 6.54 Å². The molecule has 0 bridgehead atoms. The minimum atomic E-state index is 0.417. The van der Waals surface area contributed by atoms with E-state index >= 15 is 0 Å². The molecular weight excluding hydrogens is 220 g/mol. The van der Waals surface area contributed by atoms with E-state index in [2.05, 4.69) is 36.2 Å². The molecule has 1 aliphatic rings. The molecule has 0 aliphatic carbocycles. The van der Waals surface area contributed by atoms with Crippen LogP contribution in [0, 0.1) is 0 Å². The number of nitrogens with one attached hydrogen (secondary N) is 1. The van der Waals surface area contributed by atoms with Crippen molar-refractivity contribution in [2.45, 2.75) is 45.0 Å². The van der Waals surface area contributed by atoms with Crippen molar-refractivity contribution >= 4 is 22.6 Å². The normalized spacial score (nSPS) is 25.3. The largest absolute Gasteiger partial charge is 0.332 e. The smallest absolute Gasteiger partial charge is 0.161 e. The van der Waals surface area contributed by atoms with Gasteiger partial charge in [-0.1, -0.05) is 18.7 Å². The lowest BCUT2D eigenvalue weighted by molar-refractivity contribution is 0.659. The van der Waals surface area contributed by atoms with Crippen LogP contribution in [0.25, 0.3) is 0 Å². The molecule has 1 aromatic rings. The van der Waals surface area contributed by atoms with Crippen LogP contribution < -0.4 is 5.32 Å². The molecule has 0 spiro atoms. The summed E-state index contributed by atoms with van der Waals surface area (Å²) in [7, 11) is 0. The maximum Gasteiger partial charge on any atom is 0.161 e. The number of aliphatic imine (C=N–C) groups is 1. The third-order valence-corrected chi connectivity index (χ3v) is 3.56. The lowest BCUT2D eigenvalue weighted by Crippen LogP contribution is -2.22. The summed E-state index contributed by atoms with van der Waals surface area (Å²) in [4.78, 5) is 4.59. The molecule has 16 heavy (non-hydrogen) atoms. The lowest BCUT2D eigenvalue weighted by atomic mass is 10.2. The zero-order valence-corrected chi connectivity index (χ0v) is 10.8. The van der Waals surface area contributed by atoms with E-state index in [1.54, 1.807) is 11.8 Å². The van der Waals surface area contributed by atoms with Crippen molar-refractivity contribution in [2.24, 2.45) is 4.99 Å². The number of thioether (sulfide) groups is 1. The van der Waals surface area contributed by atoms with Crippen LogP contribution in [0.5, 0.6) is 0 Å². The Morgan fingerprint density at radius 2 is 2.38 bits per heavy atom. The van der Waals surface area contributed by atoms with E-state index in [9.17, 15) is 0 Å². The summed E-state index contributed by atoms with van der Waals surface area (Å²) in [6.07, 6.45) is 5.01. The molecule has 2 unspecified atom stereocenters. The summed E-state index contributed by atoms with van der Waals surface area (Å²) in [5.74, 6) is 0. The highest BCUT2D eigenvalue weighted by Crippen LogP contribution is 2.25. The Balaban J connectivity index is 2.03. The molecule has 0 saturated heterocycles. The number of hydrogen-bond donors (Lipinski definition) is 1. The Labute approximate surface area is 101 Å². The number of hydrogen-bond acceptors (Lipinski definition) is 4. The van der Waals surface area contributed by atoms with Gasteiger partial charge in [-0.25, -0.2) is 0 Å². The third kappa shape index (κ3) is 2.78. The molecule has 1 N–H and O–H groups in total. The van der Waals surface area contributed by atoms with Gasteiger partial charge in [-0.15, -0.1) is 0 Å². The van der Waals surface area contributed by atoms with Gasteiger partial charge in [0.25, 0.3) is 0 Å². The zero-order valence-electron chi connectivity index (χ0n) is 9.97. The molecule has 1 aromatic heterocycles. The molecule has 4 nitrogen and oxygen atoms in total. The SMILES string of the molecule is CCn1cc(NC2=NC(C)CC(C)S2)cn1. The number of anilines is 1. The van der Waals surface area contributed by atoms with E-state index in [0.717, 1.165) is 23.8 Å². The minimum absolute atomic E-state index is 0.417. The molecule has 2 rings (SSSR count). The van der Waals surface area contributed by atoms with Gasteiger partial charge >= 0.3 is 0 Å². The van der Waals surface area contributed by atoms with Crippen molar-refractivity contribution in [3.63, 3.8) is 0 Å². The summed E-state index contributed by atoms with van der Waals surface area (Å²) in [6, 6.07) is 0.417. The van der Waals surface area contributed by atoms with E-state index in [-0.39, 0.29) is 0 Å². The Morgan fingerprint density at radius 3 is 3.00 bits per heavy atom. The summed E-state index contributed by atoms with van der Waals surface area (Å²) < 4.78 is 1.91. The second-order valence-electron chi connectivity index (χ2n) is 4.16. The number of amidine groups is 1. The predicted octanol–water partition coefficient (Wildman–Crippen LogP) is 2.58. The molecule has 88 valence electrons.